The number of rotatable bonds is 4. The topological polar surface area (TPSA) is 29.9 Å². The lowest BCUT2D eigenvalue weighted by Gasteiger charge is -2.08. The zero-order chi connectivity index (χ0) is 13.1. The van der Waals surface area contributed by atoms with Crippen LogP contribution in [0.15, 0.2) is 28.7 Å². The monoisotopic (exact) mass is 327 g/mol. The van der Waals surface area contributed by atoms with Gasteiger partial charge in [-0.1, -0.05) is 11.6 Å². The second-order valence-electron chi connectivity index (χ2n) is 4.02. The maximum absolute atomic E-state index is 5.86. The molecule has 96 valence electrons. The quantitative estimate of drug-likeness (QED) is 0.910. The van der Waals surface area contributed by atoms with Crippen molar-refractivity contribution in [2.75, 3.05) is 5.32 Å². The average molecular weight is 329 g/mol. The first-order valence-corrected chi connectivity index (χ1v) is 7.00. The van der Waals surface area contributed by atoms with Crippen molar-refractivity contribution in [1.82, 2.24) is 9.78 Å². The molecule has 0 saturated carbocycles. The van der Waals surface area contributed by atoms with Crippen molar-refractivity contribution in [3.63, 3.8) is 0 Å². The molecule has 2 aromatic rings. The van der Waals surface area contributed by atoms with Gasteiger partial charge in [-0.2, -0.15) is 5.10 Å². The molecular formula is C13H15BrClN3. The van der Waals surface area contributed by atoms with Gasteiger partial charge in [0.25, 0.3) is 0 Å². The summed E-state index contributed by atoms with van der Waals surface area (Å²) in [5, 5.41) is 8.58. The maximum Gasteiger partial charge on any atom is 0.0739 e. The first kappa shape index (κ1) is 13.4. The minimum Gasteiger partial charge on any atom is -0.379 e. The van der Waals surface area contributed by atoms with Gasteiger partial charge >= 0.3 is 0 Å². The molecule has 0 aliphatic rings. The Bertz CT molecular complexity index is 534. The van der Waals surface area contributed by atoms with E-state index < -0.39 is 0 Å². The largest absolute Gasteiger partial charge is 0.379 e. The van der Waals surface area contributed by atoms with E-state index in [2.05, 4.69) is 33.3 Å². The lowest BCUT2D eigenvalue weighted by atomic mass is 10.3. The number of aryl methyl sites for hydroxylation is 2. The highest BCUT2D eigenvalue weighted by atomic mass is 79.9. The van der Waals surface area contributed by atoms with Crippen LogP contribution in [0.3, 0.4) is 0 Å². The molecule has 0 unspecified atom stereocenters. The van der Waals surface area contributed by atoms with E-state index >= 15 is 0 Å². The third-order valence-corrected chi connectivity index (χ3v) is 4.04. The molecule has 0 spiro atoms. The molecular weight excluding hydrogens is 314 g/mol. The standard InChI is InChI=1S/C13H15BrClN3/c1-3-18-12(13(14)9(2)17-18)8-16-11-6-4-10(15)5-7-11/h4-7,16H,3,8H2,1-2H3. The van der Waals surface area contributed by atoms with Gasteiger partial charge in [0.1, 0.15) is 0 Å². The predicted octanol–water partition coefficient (Wildman–Crippen LogP) is 4.24. The Balaban J connectivity index is 2.12. The van der Waals surface area contributed by atoms with Crippen molar-refractivity contribution in [2.24, 2.45) is 0 Å². The van der Waals surface area contributed by atoms with Crippen molar-refractivity contribution in [3.05, 3.63) is 45.1 Å². The van der Waals surface area contributed by atoms with Crippen molar-refractivity contribution >= 4 is 33.2 Å². The second kappa shape index (κ2) is 5.76. The van der Waals surface area contributed by atoms with Crippen LogP contribution < -0.4 is 5.32 Å². The van der Waals surface area contributed by atoms with Gasteiger partial charge in [-0.25, -0.2) is 0 Å². The third-order valence-electron chi connectivity index (χ3n) is 2.76. The summed E-state index contributed by atoms with van der Waals surface area (Å²) >= 11 is 9.44. The highest BCUT2D eigenvalue weighted by molar-refractivity contribution is 9.10. The maximum atomic E-state index is 5.86. The highest BCUT2D eigenvalue weighted by Gasteiger charge is 2.11. The summed E-state index contributed by atoms with van der Waals surface area (Å²) in [6, 6.07) is 7.69. The van der Waals surface area contributed by atoms with E-state index in [1.807, 2.05) is 35.9 Å². The van der Waals surface area contributed by atoms with E-state index in [9.17, 15) is 0 Å². The van der Waals surface area contributed by atoms with Crippen LogP contribution in [0.25, 0.3) is 0 Å². The predicted molar refractivity (Wildman–Crippen MR) is 79.1 cm³/mol. The Kier molecular flexibility index (Phi) is 4.30. The van der Waals surface area contributed by atoms with Gasteiger partial charge in [0.05, 0.1) is 22.4 Å². The Morgan fingerprint density at radius 2 is 2.00 bits per heavy atom. The Labute approximate surface area is 120 Å². The first-order chi connectivity index (χ1) is 8.61. The fourth-order valence-electron chi connectivity index (χ4n) is 1.79. The highest BCUT2D eigenvalue weighted by Crippen LogP contribution is 2.22. The van der Waals surface area contributed by atoms with Gasteiger partial charge in [-0.05, 0) is 54.0 Å². The molecule has 0 aliphatic heterocycles. The van der Waals surface area contributed by atoms with Gasteiger partial charge in [0, 0.05) is 17.3 Å². The van der Waals surface area contributed by atoms with Crippen LogP contribution >= 0.6 is 27.5 Å². The van der Waals surface area contributed by atoms with Crippen LogP contribution in [0.4, 0.5) is 5.69 Å². The first-order valence-electron chi connectivity index (χ1n) is 5.83. The summed E-state index contributed by atoms with van der Waals surface area (Å²) < 4.78 is 3.08. The molecule has 0 radical (unpaired) electrons. The average Bonchev–Trinajstić information content (AvgIpc) is 2.65. The molecule has 18 heavy (non-hydrogen) atoms. The van der Waals surface area contributed by atoms with Gasteiger partial charge < -0.3 is 5.32 Å². The third kappa shape index (κ3) is 2.87. The fraction of sp³-hybridized carbons (Fsp3) is 0.308. The fourth-order valence-corrected chi connectivity index (χ4v) is 2.34. The van der Waals surface area contributed by atoms with Crippen molar-refractivity contribution in [1.29, 1.82) is 0 Å². The summed E-state index contributed by atoms with van der Waals surface area (Å²) in [5.74, 6) is 0. The van der Waals surface area contributed by atoms with Crippen molar-refractivity contribution in [2.45, 2.75) is 26.9 Å². The summed E-state index contributed by atoms with van der Waals surface area (Å²) in [4.78, 5) is 0. The number of benzene rings is 1. The minimum atomic E-state index is 0.733. The molecule has 1 heterocycles. The van der Waals surface area contributed by atoms with Crippen LogP contribution in [0.5, 0.6) is 0 Å². The molecule has 1 aromatic carbocycles. The van der Waals surface area contributed by atoms with Gasteiger partial charge in [0.15, 0.2) is 0 Å². The van der Waals surface area contributed by atoms with Gasteiger partial charge in [-0.15, -0.1) is 0 Å². The van der Waals surface area contributed by atoms with Gasteiger partial charge in [-0.3, -0.25) is 4.68 Å². The number of aromatic nitrogens is 2. The van der Waals surface area contributed by atoms with E-state index in [0.29, 0.717) is 0 Å². The van der Waals surface area contributed by atoms with Crippen molar-refractivity contribution < 1.29 is 0 Å². The number of hydrogen-bond donors (Lipinski definition) is 1. The van der Waals surface area contributed by atoms with Crippen molar-refractivity contribution in [3.8, 4) is 0 Å². The number of halogens is 2. The summed E-state index contributed by atoms with van der Waals surface area (Å²) in [5.41, 5.74) is 3.22. The van der Waals surface area contributed by atoms with E-state index in [4.69, 9.17) is 11.6 Å². The van der Waals surface area contributed by atoms with Crippen LogP contribution in [0.1, 0.15) is 18.3 Å². The molecule has 3 nitrogen and oxygen atoms in total. The SMILES string of the molecule is CCn1nc(C)c(Br)c1CNc1ccc(Cl)cc1. The molecule has 0 saturated heterocycles. The molecule has 2 rings (SSSR count). The van der Waals surface area contributed by atoms with Crippen LogP contribution in [-0.2, 0) is 13.1 Å². The molecule has 1 aromatic heterocycles. The van der Waals surface area contributed by atoms with E-state index in [1.54, 1.807) is 0 Å². The Morgan fingerprint density at radius 3 is 2.61 bits per heavy atom. The molecule has 0 fully saturated rings. The normalized spacial score (nSPS) is 10.7. The lowest BCUT2D eigenvalue weighted by Crippen LogP contribution is -2.08. The zero-order valence-electron chi connectivity index (χ0n) is 10.4. The summed E-state index contributed by atoms with van der Waals surface area (Å²) in [6.45, 7) is 5.69. The van der Waals surface area contributed by atoms with Crippen LogP contribution in [-0.4, -0.2) is 9.78 Å². The zero-order valence-corrected chi connectivity index (χ0v) is 12.7. The van der Waals surface area contributed by atoms with E-state index in [0.717, 1.165) is 39.7 Å². The molecule has 0 aliphatic carbocycles. The molecule has 0 atom stereocenters. The minimum absolute atomic E-state index is 0.733. The smallest absolute Gasteiger partial charge is 0.0739 e. The number of nitrogens with zero attached hydrogens (tertiary/aromatic N) is 2. The van der Waals surface area contributed by atoms with Crippen LogP contribution in [0, 0.1) is 6.92 Å². The summed E-state index contributed by atoms with van der Waals surface area (Å²) in [7, 11) is 0. The number of nitrogens with one attached hydrogen (secondary N) is 1. The Hall–Kier alpha value is -1.00. The van der Waals surface area contributed by atoms with E-state index in [-0.39, 0.29) is 0 Å². The summed E-state index contributed by atoms with van der Waals surface area (Å²) in [6.07, 6.45) is 0. The molecule has 0 amide bonds. The van der Waals surface area contributed by atoms with Crippen LogP contribution in [0.2, 0.25) is 5.02 Å². The second-order valence-corrected chi connectivity index (χ2v) is 5.25. The molecule has 1 N–H and O–H groups in total. The number of hydrogen-bond acceptors (Lipinski definition) is 2. The van der Waals surface area contributed by atoms with E-state index in [1.165, 1.54) is 0 Å². The molecule has 0 bridgehead atoms. The Morgan fingerprint density at radius 1 is 1.33 bits per heavy atom. The lowest BCUT2D eigenvalue weighted by molar-refractivity contribution is 0.622. The number of anilines is 1. The molecule has 5 heteroatoms. The van der Waals surface area contributed by atoms with Gasteiger partial charge in [0.2, 0.25) is 0 Å².